The molecule has 0 atom stereocenters. The summed E-state index contributed by atoms with van der Waals surface area (Å²) < 4.78 is 51.4. The minimum atomic E-state index is -2.80. The first-order valence-electron chi connectivity index (χ1n) is 11.5. The van der Waals surface area contributed by atoms with E-state index in [0.717, 1.165) is 30.7 Å². The van der Waals surface area contributed by atoms with Crippen molar-refractivity contribution < 1.29 is 17.6 Å². The Morgan fingerprint density at radius 1 is 0.903 bits per heavy atom. The van der Waals surface area contributed by atoms with Crippen molar-refractivity contribution >= 4 is 0 Å². The smallest absolute Gasteiger partial charge is 0.251 e. The van der Waals surface area contributed by atoms with Gasteiger partial charge in [0.05, 0.1) is 12.2 Å². The van der Waals surface area contributed by atoms with Crippen LogP contribution < -0.4 is 0 Å². The highest BCUT2D eigenvalue weighted by atomic mass is 19.3. The minimum Gasteiger partial charge on any atom is -0.251 e. The lowest BCUT2D eigenvalue weighted by atomic mass is 9.79. The van der Waals surface area contributed by atoms with E-state index in [1.807, 2.05) is 12.1 Å². The van der Waals surface area contributed by atoms with E-state index >= 15 is 0 Å². The van der Waals surface area contributed by atoms with Crippen LogP contribution in [0, 0.1) is 17.7 Å². The van der Waals surface area contributed by atoms with E-state index in [0.29, 0.717) is 17.9 Å². The number of rotatable bonds is 10. The molecule has 0 nitrogen and oxygen atoms in total. The average molecular weight is 433 g/mol. The van der Waals surface area contributed by atoms with Crippen LogP contribution in [0.4, 0.5) is 17.6 Å². The maximum atomic E-state index is 13.8. The molecule has 0 aliphatic heterocycles. The summed E-state index contributed by atoms with van der Waals surface area (Å²) in [5, 5.41) is 0. The van der Waals surface area contributed by atoms with Crippen molar-refractivity contribution in [3.63, 3.8) is 0 Å². The topological polar surface area (TPSA) is 0 Å². The second-order valence-corrected chi connectivity index (χ2v) is 8.67. The molecule has 3 rings (SSSR count). The molecule has 2 aromatic rings. The van der Waals surface area contributed by atoms with Gasteiger partial charge < -0.3 is 0 Å². The van der Waals surface area contributed by atoms with E-state index in [1.54, 1.807) is 6.07 Å². The predicted octanol–water partition coefficient (Wildman–Crippen LogP) is 8.87. The van der Waals surface area contributed by atoms with Crippen LogP contribution in [0.15, 0.2) is 54.6 Å². The fourth-order valence-corrected chi connectivity index (χ4v) is 4.43. The number of alkyl halides is 3. The second-order valence-electron chi connectivity index (χ2n) is 8.67. The molecule has 0 radical (unpaired) electrons. The summed E-state index contributed by atoms with van der Waals surface area (Å²) in [4.78, 5) is 0. The van der Waals surface area contributed by atoms with E-state index < -0.39 is 17.8 Å². The van der Waals surface area contributed by atoms with E-state index in [1.165, 1.54) is 49.8 Å². The highest BCUT2D eigenvalue weighted by Crippen LogP contribution is 2.33. The van der Waals surface area contributed by atoms with Gasteiger partial charge in [0.1, 0.15) is 5.82 Å². The zero-order chi connectivity index (χ0) is 22.1. The molecular weight excluding hydrogens is 400 g/mol. The van der Waals surface area contributed by atoms with Crippen molar-refractivity contribution in [3.05, 3.63) is 71.6 Å². The summed E-state index contributed by atoms with van der Waals surface area (Å²) in [6.07, 6.45) is 11.6. The van der Waals surface area contributed by atoms with E-state index in [9.17, 15) is 17.6 Å². The van der Waals surface area contributed by atoms with Crippen LogP contribution in [0.3, 0.4) is 0 Å². The molecule has 1 aliphatic rings. The summed E-state index contributed by atoms with van der Waals surface area (Å²) >= 11 is 0. The Bertz CT molecular complexity index is 818. The molecule has 0 amide bonds. The lowest BCUT2D eigenvalue weighted by Gasteiger charge is -2.26. The highest BCUT2D eigenvalue weighted by Gasteiger charge is 2.19. The molecule has 0 heterocycles. The molecule has 1 aliphatic carbocycles. The minimum absolute atomic E-state index is 0.214. The van der Waals surface area contributed by atoms with Crippen molar-refractivity contribution in [2.24, 2.45) is 11.8 Å². The van der Waals surface area contributed by atoms with Crippen LogP contribution in [-0.2, 0) is 6.42 Å². The monoisotopic (exact) mass is 432 g/mol. The third kappa shape index (κ3) is 7.22. The summed E-state index contributed by atoms with van der Waals surface area (Å²) in [5.74, 6) is 0.575. The molecule has 0 saturated heterocycles. The van der Waals surface area contributed by atoms with Crippen molar-refractivity contribution in [2.45, 2.75) is 64.2 Å². The van der Waals surface area contributed by atoms with Crippen molar-refractivity contribution in [2.75, 3.05) is 6.67 Å². The normalized spacial score (nSPS) is 19.4. The van der Waals surface area contributed by atoms with Gasteiger partial charge in [-0.15, -0.1) is 0 Å². The van der Waals surface area contributed by atoms with Gasteiger partial charge in [-0.2, -0.15) is 0 Å². The largest absolute Gasteiger partial charge is 0.266 e. The fraction of sp³-hybridized carbons (Fsp3) is 0.481. The number of allylic oxidation sites excluding steroid dienone is 2. The molecule has 4 heteroatoms. The van der Waals surface area contributed by atoms with Gasteiger partial charge in [0.2, 0.25) is 0 Å². The lowest BCUT2D eigenvalue weighted by molar-refractivity contribution is 0.146. The van der Waals surface area contributed by atoms with Crippen LogP contribution in [-0.4, -0.2) is 6.67 Å². The number of halogens is 4. The van der Waals surface area contributed by atoms with Gasteiger partial charge in [0.15, 0.2) is 0 Å². The van der Waals surface area contributed by atoms with Crippen LogP contribution >= 0.6 is 0 Å². The van der Waals surface area contributed by atoms with Crippen LogP contribution in [0.5, 0.6) is 0 Å². The average Bonchev–Trinajstić information content (AvgIpc) is 2.78. The Balaban J connectivity index is 1.43. The van der Waals surface area contributed by atoms with Crippen molar-refractivity contribution in [3.8, 4) is 11.1 Å². The Labute approximate surface area is 183 Å². The number of hydrogen-bond donors (Lipinski definition) is 0. The molecule has 31 heavy (non-hydrogen) atoms. The number of unbranched alkanes of at least 4 members (excludes halogenated alkanes) is 2. The quantitative estimate of drug-likeness (QED) is 0.200. The number of aryl methyl sites for hydroxylation is 1. The zero-order valence-corrected chi connectivity index (χ0v) is 18.0. The summed E-state index contributed by atoms with van der Waals surface area (Å²) in [6, 6.07) is 11.9. The predicted molar refractivity (Wildman–Crippen MR) is 120 cm³/mol. The van der Waals surface area contributed by atoms with Crippen molar-refractivity contribution in [1.29, 1.82) is 0 Å². The summed E-state index contributed by atoms with van der Waals surface area (Å²) in [5.41, 5.74) is 2.15. The fourth-order valence-electron chi connectivity index (χ4n) is 4.43. The third-order valence-electron chi connectivity index (χ3n) is 6.42. The van der Waals surface area contributed by atoms with Gasteiger partial charge in [-0.25, -0.2) is 13.2 Å². The summed E-state index contributed by atoms with van der Waals surface area (Å²) in [6.45, 7) is -0.214. The molecule has 168 valence electrons. The van der Waals surface area contributed by atoms with Gasteiger partial charge in [-0.1, -0.05) is 42.5 Å². The first-order valence-corrected chi connectivity index (χ1v) is 11.5. The van der Waals surface area contributed by atoms with E-state index in [-0.39, 0.29) is 6.67 Å². The standard InChI is InChI=1S/C27H32F4/c28-18-4-2-1-3-5-20-6-8-21(9-7-20)10-11-22-12-14-23(15-13-22)24-16-17-25(27(30)31)26(29)19-24/h3,5,12-17,19-21,27H,1-2,4,6-11,18H2/b5-3+/t20-,21-. The third-order valence-corrected chi connectivity index (χ3v) is 6.42. The molecule has 0 N–H and O–H groups in total. The van der Waals surface area contributed by atoms with Gasteiger partial charge in [-0.05, 0) is 98.4 Å². The van der Waals surface area contributed by atoms with E-state index in [2.05, 4.69) is 24.3 Å². The molecular formula is C27H32F4. The molecule has 0 unspecified atom stereocenters. The Morgan fingerprint density at radius 2 is 1.61 bits per heavy atom. The lowest BCUT2D eigenvalue weighted by Crippen LogP contribution is -2.13. The van der Waals surface area contributed by atoms with E-state index in [4.69, 9.17) is 0 Å². The van der Waals surface area contributed by atoms with Gasteiger partial charge in [0.25, 0.3) is 6.43 Å². The Hall–Kier alpha value is -2.10. The summed E-state index contributed by atoms with van der Waals surface area (Å²) in [7, 11) is 0. The number of benzene rings is 2. The van der Waals surface area contributed by atoms with Crippen molar-refractivity contribution in [1.82, 2.24) is 0 Å². The molecule has 0 aromatic heterocycles. The SMILES string of the molecule is FCCCC/C=C/[C@H]1CC[C@H](CCc2ccc(-c3ccc(C(F)F)c(F)c3)cc2)CC1. The molecule has 1 saturated carbocycles. The maximum Gasteiger partial charge on any atom is 0.266 e. The number of hydrogen-bond acceptors (Lipinski definition) is 0. The second kappa shape index (κ2) is 12.1. The van der Waals surface area contributed by atoms with Crippen LogP contribution in [0.2, 0.25) is 0 Å². The van der Waals surface area contributed by atoms with Gasteiger partial charge >= 0.3 is 0 Å². The molecule has 1 fully saturated rings. The van der Waals surface area contributed by atoms with Crippen LogP contribution in [0.25, 0.3) is 11.1 Å². The van der Waals surface area contributed by atoms with Gasteiger partial charge in [-0.3, -0.25) is 4.39 Å². The molecule has 2 aromatic carbocycles. The van der Waals surface area contributed by atoms with Gasteiger partial charge in [0, 0.05) is 0 Å². The first-order chi connectivity index (χ1) is 15.1. The van der Waals surface area contributed by atoms with Crippen LogP contribution in [0.1, 0.15) is 68.9 Å². The molecule has 0 bridgehead atoms. The zero-order valence-electron chi connectivity index (χ0n) is 18.0. The maximum absolute atomic E-state index is 13.8. The molecule has 0 spiro atoms. The Morgan fingerprint density at radius 3 is 2.26 bits per heavy atom. The highest BCUT2D eigenvalue weighted by molar-refractivity contribution is 5.64. The first kappa shape index (κ1) is 23.6. The Kier molecular flexibility index (Phi) is 9.17.